The fourth-order valence-corrected chi connectivity index (χ4v) is 2.98. The second-order valence-electron chi connectivity index (χ2n) is 8.14. The molecule has 3 heteroatoms. The molecular formula is C19H31NO2. The highest BCUT2D eigenvalue weighted by atomic mass is 16.5. The lowest BCUT2D eigenvalue weighted by molar-refractivity contribution is -0.129. The van der Waals surface area contributed by atoms with Crippen molar-refractivity contribution in [2.45, 2.75) is 73.5 Å². The van der Waals surface area contributed by atoms with E-state index in [1.807, 2.05) is 26.0 Å². The van der Waals surface area contributed by atoms with Gasteiger partial charge in [0, 0.05) is 5.54 Å². The summed E-state index contributed by atoms with van der Waals surface area (Å²) in [5.74, 6) is 0.691. The van der Waals surface area contributed by atoms with Gasteiger partial charge in [-0.1, -0.05) is 38.5 Å². The fraction of sp³-hybridized carbons (Fsp3) is 0.632. The van der Waals surface area contributed by atoms with E-state index in [4.69, 9.17) is 4.74 Å². The van der Waals surface area contributed by atoms with Gasteiger partial charge in [0.15, 0.2) is 6.10 Å². The molecule has 0 saturated carbocycles. The molecule has 0 saturated heterocycles. The van der Waals surface area contributed by atoms with Crippen molar-refractivity contribution in [3.05, 3.63) is 29.3 Å². The first kappa shape index (κ1) is 18.5. The number of aryl methyl sites for hydroxylation is 2. The van der Waals surface area contributed by atoms with Crippen molar-refractivity contribution in [3.63, 3.8) is 0 Å². The first-order chi connectivity index (χ1) is 9.89. The van der Waals surface area contributed by atoms with E-state index < -0.39 is 6.10 Å². The third-order valence-corrected chi connectivity index (χ3v) is 3.44. The lowest BCUT2D eigenvalue weighted by Gasteiger charge is -2.34. The van der Waals surface area contributed by atoms with E-state index in [0.717, 1.165) is 17.7 Å². The molecule has 0 spiro atoms. The normalized spacial score (nSPS) is 13.6. The van der Waals surface area contributed by atoms with Gasteiger partial charge in [-0.3, -0.25) is 4.79 Å². The Balaban J connectivity index is 2.69. The number of carbonyl (C=O) groups excluding carboxylic acids is 1. The van der Waals surface area contributed by atoms with Crippen LogP contribution in [0.1, 0.15) is 59.1 Å². The van der Waals surface area contributed by atoms with Crippen LogP contribution >= 0.6 is 0 Å². The standard InChI is InChI=1S/C19H31NO2/c1-13-9-10-16(14(2)11-13)22-15(3)17(21)20-19(7,8)12-18(4,5)6/h9-11,15H,12H2,1-8H3,(H,20,21). The molecule has 0 fully saturated rings. The van der Waals surface area contributed by atoms with Crippen LogP contribution in [0.25, 0.3) is 0 Å². The van der Waals surface area contributed by atoms with Crippen LogP contribution in [0.5, 0.6) is 5.75 Å². The van der Waals surface area contributed by atoms with Crippen molar-refractivity contribution in [1.82, 2.24) is 5.32 Å². The second-order valence-corrected chi connectivity index (χ2v) is 8.14. The lowest BCUT2D eigenvalue weighted by atomic mass is 9.81. The Kier molecular flexibility index (Phi) is 5.66. The molecule has 1 unspecified atom stereocenters. The molecule has 1 amide bonds. The average molecular weight is 305 g/mol. The number of ether oxygens (including phenoxy) is 1. The summed E-state index contributed by atoms with van der Waals surface area (Å²) in [5, 5.41) is 3.10. The van der Waals surface area contributed by atoms with E-state index in [-0.39, 0.29) is 16.9 Å². The quantitative estimate of drug-likeness (QED) is 0.875. The molecule has 1 N–H and O–H groups in total. The summed E-state index contributed by atoms with van der Waals surface area (Å²) < 4.78 is 5.83. The monoisotopic (exact) mass is 305 g/mol. The van der Waals surface area contributed by atoms with Gasteiger partial charge < -0.3 is 10.1 Å². The Morgan fingerprint density at radius 2 is 1.77 bits per heavy atom. The minimum Gasteiger partial charge on any atom is -0.481 e. The Bertz CT molecular complexity index is 527. The molecule has 1 aromatic rings. The van der Waals surface area contributed by atoms with E-state index in [2.05, 4.69) is 46.0 Å². The van der Waals surface area contributed by atoms with Gasteiger partial charge in [0.05, 0.1) is 0 Å². The van der Waals surface area contributed by atoms with Gasteiger partial charge in [-0.05, 0) is 58.1 Å². The van der Waals surface area contributed by atoms with Gasteiger partial charge in [0.1, 0.15) is 5.75 Å². The van der Waals surface area contributed by atoms with Crippen LogP contribution in [0, 0.1) is 19.3 Å². The largest absolute Gasteiger partial charge is 0.481 e. The average Bonchev–Trinajstić information content (AvgIpc) is 2.28. The maximum absolute atomic E-state index is 12.4. The highest BCUT2D eigenvalue weighted by Crippen LogP contribution is 2.27. The molecule has 22 heavy (non-hydrogen) atoms. The maximum Gasteiger partial charge on any atom is 0.261 e. The van der Waals surface area contributed by atoms with Crippen molar-refractivity contribution in [2.24, 2.45) is 5.41 Å². The number of benzene rings is 1. The molecule has 124 valence electrons. The molecule has 0 aromatic heterocycles. The SMILES string of the molecule is Cc1ccc(OC(C)C(=O)NC(C)(C)CC(C)(C)C)c(C)c1. The smallest absolute Gasteiger partial charge is 0.261 e. The van der Waals surface area contributed by atoms with E-state index >= 15 is 0 Å². The molecule has 0 radical (unpaired) electrons. The zero-order chi connectivity index (χ0) is 17.1. The van der Waals surface area contributed by atoms with Crippen molar-refractivity contribution < 1.29 is 9.53 Å². The third-order valence-electron chi connectivity index (χ3n) is 3.44. The molecule has 0 bridgehead atoms. The van der Waals surface area contributed by atoms with Crippen LogP contribution in [0.2, 0.25) is 0 Å². The zero-order valence-electron chi connectivity index (χ0n) is 15.3. The first-order valence-corrected chi connectivity index (χ1v) is 7.96. The Labute approximate surface area is 135 Å². The molecule has 1 aromatic carbocycles. The topological polar surface area (TPSA) is 38.3 Å². The van der Waals surface area contributed by atoms with Crippen molar-refractivity contribution in [2.75, 3.05) is 0 Å². The number of hydrogen-bond donors (Lipinski definition) is 1. The van der Waals surface area contributed by atoms with E-state index in [9.17, 15) is 4.79 Å². The molecule has 1 atom stereocenters. The number of nitrogens with one attached hydrogen (secondary N) is 1. The van der Waals surface area contributed by atoms with Crippen molar-refractivity contribution >= 4 is 5.91 Å². The fourth-order valence-electron chi connectivity index (χ4n) is 2.98. The van der Waals surface area contributed by atoms with Crippen molar-refractivity contribution in [1.29, 1.82) is 0 Å². The van der Waals surface area contributed by atoms with Gasteiger partial charge in [-0.25, -0.2) is 0 Å². The second kappa shape index (κ2) is 6.72. The van der Waals surface area contributed by atoms with Crippen LogP contribution in [0.3, 0.4) is 0 Å². The summed E-state index contributed by atoms with van der Waals surface area (Å²) in [7, 11) is 0. The Morgan fingerprint density at radius 1 is 1.18 bits per heavy atom. The molecule has 0 heterocycles. The molecule has 0 aliphatic rings. The Morgan fingerprint density at radius 3 is 2.27 bits per heavy atom. The van der Waals surface area contributed by atoms with Crippen LogP contribution in [0.4, 0.5) is 0 Å². The van der Waals surface area contributed by atoms with Gasteiger partial charge >= 0.3 is 0 Å². The summed E-state index contributed by atoms with van der Waals surface area (Å²) in [4.78, 5) is 12.4. The van der Waals surface area contributed by atoms with E-state index in [1.54, 1.807) is 6.92 Å². The minimum atomic E-state index is -0.513. The summed E-state index contributed by atoms with van der Waals surface area (Å²) in [6.07, 6.45) is 0.391. The van der Waals surface area contributed by atoms with Crippen molar-refractivity contribution in [3.8, 4) is 5.75 Å². The minimum absolute atomic E-state index is 0.0748. The summed E-state index contributed by atoms with van der Waals surface area (Å²) in [5.41, 5.74) is 2.14. The summed E-state index contributed by atoms with van der Waals surface area (Å²) in [6, 6.07) is 5.98. The van der Waals surface area contributed by atoms with E-state index in [1.165, 1.54) is 5.56 Å². The summed E-state index contributed by atoms with van der Waals surface area (Å²) in [6.45, 7) is 16.5. The number of rotatable bonds is 5. The lowest BCUT2D eigenvalue weighted by Crippen LogP contribution is -2.50. The Hall–Kier alpha value is -1.51. The maximum atomic E-state index is 12.4. The molecular weight excluding hydrogens is 274 g/mol. The number of hydrogen-bond acceptors (Lipinski definition) is 2. The summed E-state index contributed by atoms with van der Waals surface area (Å²) >= 11 is 0. The predicted molar refractivity (Wildman–Crippen MR) is 92.3 cm³/mol. The van der Waals surface area contributed by atoms with Crippen LogP contribution in [-0.4, -0.2) is 17.6 Å². The molecule has 0 aliphatic heterocycles. The van der Waals surface area contributed by atoms with Crippen LogP contribution in [0.15, 0.2) is 18.2 Å². The van der Waals surface area contributed by atoms with Gasteiger partial charge in [0.25, 0.3) is 5.91 Å². The molecule has 0 aliphatic carbocycles. The third kappa shape index (κ3) is 6.08. The highest BCUT2D eigenvalue weighted by molar-refractivity contribution is 5.81. The number of amides is 1. The first-order valence-electron chi connectivity index (χ1n) is 7.96. The van der Waals surface area contributed by atoms with Crippen LogP contribution in [-0.2, 0) is 4.79 Å². The molecule has 3 nitrogen and oxygen atoms in total. The zero-order valence-corrected chi connectivity index (χ0v) is 15.3. The predicted octanol–water partition coefficient (Wildman–Crippen LogP) is 4.40. The van der Waals surface area contributed by atoms with Gasteiger partial charge in [0.2, 0.25) is 0 Å². The van der Waals surface area contributed by atoms with Gasteiger partial charge in [-0.2, -0.15) is 0 Å². The van der Waals surface area contributed by atoms with Crippen LogP contribution < -0.4 is 10.1 Å². The molecule has 1 rings (SSSR count). The highest BCUT2D eigenvalue weighted by Gasteiger charge is 2.29. The van der Waals surface area contributed by atoms with Gasteiger partial charge in [-0.15, -0.1) is 0 Å². The number of carbonyl (C=O) groups is 1. The van der Waals surface area contributed by atoms with E-state index in [0.29, 0.717) is 0 Å².